The van der Waals surface area contributed by atoms with Crippen molar-refractivity contribution in [1.82, 2.24) is 4.40 Å². The van der Waals surface area contributed by atoms with Crippen molar-refractivity contribution in [3.63, 3.8) is 0 Å². The van der Waals surface area contributed by atoms with Crippen LogP contribution in [0, 0.1) is 0 Å². The molecular weight excluding hydrogens is 182 g/mol. The highest BCUT2D eigenvalue weighted by atomic mass is 14.9. The highest BCUT2D eigenvalue weighted by Gasteiger charge is 2.05. The lowest BCUT2D eigenvalue weighted by molar-refractivity contribution is 0.860. The molecule has 2 aromatic rings. The lowest BCUT2D eigenvalue weighted by atomic mass is 10.0. The molecule has 0 aliphatic heterocycles. The van der Waals surface area contributed by atoms with Gasteiger partial charge in [0.2, 0.25) is 0 Å². The molecule has 0 aliphatic carbocycles. The Morgan fingerprint density at radius 1 is 0.933 bits per heavy atom. The van der Waals surface area contributed by atoms with E-state index in [0.29, 0.717) is 11.8 Å². The van der Waals surface area contributed by atoms with Crippen LogP contribution in [0.25, 0.3) is 5.52 Å². The minimum atomic E-state index is 0.604. The van der Waals surface area contributed by atoms with Gasteiger partial charge in [-0.3, -0.25) is 0 Å². The summed E-state index contributed by atoms with van der Waals surface area (Å²) < 4.78 is 2.21. The molecule has 0 amide bonds. The van der Waals surface area contributed by atoms with E-state index in [9.17, 15) is 0 Å². The van der Waals surface area contributed by atoms with Crippen molar-refractivity contribution in [3.8, 4) is 0 Å². The average molecular weight is 201 g/mol. The van der Waals surface area contributed by atoms with Gasteiger partial charge < -0.3 is 4.40 Å². The van der Waals surface area contributed by atoms with Gasteiger partial charge >= 0.3 is 0 Å². The maximum absolute atomic E-state index is 2.29. The van der Waals surface area contributed by atoms with Crippen molar-refractivity contribution in [2.75, 3.05) is 0 Å². The monoisotopic (exact) mass is 201 g/mol. The van der Waals surface area contributed by atoms with Gasteiger partial charge in [-0.2, -0.15) is 0 Å². The molecular formula is C14H19N. The minimum absolute atomic E-state index is 0.604. The highest BCUT2D eigenvalue weighted by molar-refractivity contribution is 5.53. The molecule has 0 spiro atoms. The summed E-state index contributed by atoms with van der Waals surface area (Å²) >= 11 is 0. The van der Waals surface area contributed by atoms with Gasteiger partial charge in [-0.25, -0.2) is 0 Å². The molecule has 0 bridgehead atoms. The second kappa shape index (κ2) is 3.73. The zero-order valence-corrected chi connectivity index (χ0v) is 9.99. The summed E-state index contributed by atoms with van der Waals surface area (Å²) in [6.07, 6.45) is 4.39. The number of fused-ring (bicyclic) bond motifs is 1. The first kappa shape index (κ1) is 10.3. The molecule has 0 unspecified atom stereocenters. The summed E-state index contributed by atoms with van der Waals surface area (Å²) in [4.78, 5) is 0. The molecule has 80 valence electrons. The van der Waals surface area contributed by atoms with Crippen LogP contribution in [-0.2, 0) is 0 Å². The van der Waals surface area contributed by atoms with Crippen LogP contribution >= 0.6 is 0 Å². The number of pyridine rings is 1. The van der Waals surface area contributed by atoms with E-state index in [0.717, 1.165) is 0 Å². The Balaban J connectivity index is 2.52. The lowest BCUT2D eigenvalue weighted by Crippen LogP contribution is -1.89. The van der Waals surface area contributed by atoms with Crippen LogP contribution in [0.4, 0.5) is 0 Å². The lowest BCUT2D eigenvalue weighted by Gasteiger charge is -2.05. The van der Waals surface area contributed by atoms with E-state index >= 15 is 0 Å². The third kappa shape index (κ3) is 1.92. The first-order chi connectivity index (χ1) is 7.08. The van der Waals surface area contributed by atoms with Gasteiger partial charge in [0.1, 0.15) is 0 Å². The van der Waals surface area contributed by atoms with Crippen LogP contribution < -0.4 is 0 Å². The molecule has 0 fully saturated rings. The van der Waals surface area contributed by atoms with Crippen molar-refractivity contribution in [3.05, 3.63) is 41.7 Å². The first-order valence-corrected chi connectivity index (χ1v) is 5.69. The number of hydrogen-bond donors (Lipinski definition) is 0. The normalized spacial score (nSPS) is 11.9. The zero-order chi connectivity index (χ0) is 11.0. The smallest absolute Gasteiger partial charge is 0.0455 e. The number of nitrogens with zero attached hydrogens (tertiary/aromatic N) is 1. The average Bonchev–Trinajstić information content (AvgIpc) is 2.59. The van der Waals surface area contributed by atoms with Crippen molar-refractivity contribution >= 4 is 5.52 Å². The Hall–Kier alpha value is -1.24. The van der Waals surface area contributed by atoms with Crippen LogP contribution in [0.3, 0.4) is 0 Å². The minimum Gasteiger partial charge on any atom is -0.324 e. The SMILES string of the molecule is CC(C)c1ccn2cc(C(C)C)cc2c1. The third-order valence-corrected chi connectivity index (χ3v) is 2.98. The quantitative estimate of drug-likeness (QED) is 0.686. The maximum atomic E-state index is 2.29. The number of rotatable bonds is 2. The van der Waals surface area contributed by atoms with Crippen LogP contribution in [0.2, 0.25) is 0 Å². The van der Waals surface area contributed by atoms with E-state index in [2.05, 4.69) is 62.7 Å². The summed E-state index contributed by atoms with van der Waals surface area (Å²) in [7, 11) is 0. The molecule has 0 N–H and O–H groups in total. The Kier molecular flexibility index (Phi) is 2.56. The molecule has 0 radical (unpaired) electrons. The standard InChI is InChI=1S/C14H19N/c1-10(2)12-5-6-15-9-13(11(3)4)8-14(15)7-12/h5-11H,1-4H3. The molecule has 0 saturated carbocycles. The number of aromatic nitrogens is 1. The van der Waals surface area contributed by atoms with E-state index in [1.54, 1.807) is 0 Å². The second-order valence-electron chi connectivity index (χ2n) is 4.88. The van der Waals surface area contributed by atoms with E-state index in [4.69, 9.17) is 0 Å². The molecule has 1 nitrogen and oxygen atoms in total. The van der Waals surface area contributed by atoms with Gasteiger partial charge in [-0.05, 0) is 41.2 Å². The Labute approximate surface area is 91.7 Å². The van der Waals surface area contributed by atoms with Gasteiger partial charge in [-0.15, -0.1) is 0 Å². The van der Waals surface area contributed by atoms with Crippen molar-refractivity contribution in [1.29, 1.82) is 0 Å². The summed E-state index contributed by atoms with van der Waals surface area (Å²) in [5, 5.41) is 0. The second-order valence-corrected chi connectivity index (χ2v) is 4.88. The Bertz CT molecular complexity index is 457. The highest BCUT2D eigenvalue weighted by Crippen LogP contribution is 2.21. The topological polar surface area (TPSA) is 4.41 Å². The Morgan fingerprint density at radius 2 is 1.53 bits per heavy atom. The largest absolute Gasteiger partial charge is 0.324 e. The fourth-order valence-electron chi connectivity index (χ4n) is 1.82. The molecule has 2 heterocycles. The van der Waals surface area contributed by atoms with Gasteiger partial charge in [-0.1, -0.05) is 27.7 Å². The van der Waals surface area contributed by atoms with E-state index in [1.165, 1.54) is 16.6 Å². The van der Waals surface area contributed by atoms with Gasteiger partial charge in [0.25, 0.3) is 0 Å². The van der Waals surface area contributed by atoms with E-state index in [1.807, 2.05) is 0 Å². The van der Waals surface area contributed by atoms with Crippen molar-refractivity contribution < 1.29 is 0 Å². The molecule has 1 heteroatoms. The van der Waals surface area contributed by atoms with E-state index < -0.39 is 0 Å². The molecule has 2 aromatic heterocycles. The summed E-state index contributed by atoms with van der Waals surface area (Å²) in [6, 6.07) is 6.79. The predicted molar refractivity (Wildman–Crippen MR) is 65.6 cm³/mol. The Morgan fingerprint density at radius 3 is 2.13 bits per heavy atom. The van der Waals surface area contributed by atoms with Crippen LogP contribution in [0.15, 0.2) is 30.6 Å². The van der Waals surface area contributed by atoms with Crippen LogP contribution in [-0.4, -0.2) is 4.40 Å². The summed E-state index contributed by atoms with van der Waals surface area (Å²) in [5.74, 6) is 1.21. The maximum Gasteiger partial charge on any atom is 0.0455 e. The summed E-state index contributed by atoms with van der Waals surface area (Å²) in [5.41, 5.74) is 4.14. The van der Waals surface area contributed by atoms with Crippen LogP contribution in [0.5, 0.6) is 0 Å². The van der Waals surface area contributed by atoms with Gasteiger partial charge in [0, 0.05) is 17.9 Å². The van der Waals surface area contributed by atoms with Crippen molar-refractivity contribution in [2.24, 2.45) is 0 Å². The molecule has 0 aliphatic rings. The fourth-order valence-corrected chi connectivity index (χ4v) is 1.82. The van der Waals surface area contributed by atoms with Gasteiger partial charge in [0.05, 0.1) is 0 Å². The van der Waals surface area contributed by atoms with Gasteiger partial charge in [0.15, 0.2) is 0 Å². The third-order valence-electron chi connectivity index (χ3n) is 2.98. The zero-order valence-electron chi connectivity index (χ0n) is 9.99. The fraction of sp³-hybridized carbons (Fsp3) is 0.429. The molecule has 0 atom stereocenters. The first-order valence-electron chi connectivity index (χ1n) is 5.69. The molecule has 0 saturated heterocycles. The summed E-state index contributed by atoms with van der Waals surface area (Å²) in [6.45, 7) is 8.94. The predicted octanol–water partition coefficient (Wildman–Crippen LogP) is 4.19. The molecule has 2 rings (SSSR count). The molecule has 15 heavy (non-hydrogen) atoms. The van der Waals surface area contributed by atoms with Crippen molar-refractivity contribution in [2.45, 2.75) is 39.5 Å². The number of hydrogen-bond acceptors (Lipinski definition) is 0. The van der Waals surface area contributed by atoms with Crippen LogP contribution in [0.1, 0.15) is 50.7 Å². The molecule has 0 aromatic carbocycles. The van der Waals surface area contributed by atoms with E-state index in [-0.39, 0.29) is 0 Å².